The molecule has 0 saturated carbocycles. The van der Waals surface area contributed by atoms with Crippen molar-refractivity contribution >= 4 is 11.9 Å². The summed E-state index contributed by atoms with van der Waals surface area (Å²) in [7, 11) is 0. The second-order valence-corrected chi connectivity index (χ2v) is 4.82. The molecule has 0 radical (unpaired) electrons. The van der Waals surface area contributed by atoms with Crippen molar-refractivity contribution in [2.45, 2.75) is 0 Å². The van der Waals surface area contributed by atoms with Gasteiger partial charge < -0.3 is 9.47 Å². The van der Waals surface area contributed by atoms with E-state index in [9.17, 15) is 9.59 Å². The Hall–Kier alpha value is -3.98. The summed E-state index contributed by atoms with van der Waals surface area (Å²) in [5.41, 5.74) is 0.484. The molecule has 0 aliphatic heterocycles. The number of nitrogens with zero attached hydrogens (tertiary/aromatic N) is 2. The smallest absolute Gasteiger partial charge is 0.344 e. The van der Waals surface area contributed by atoms with Gasteiger partial charge in [0.2, 0.25) is 11.8 Å². The predicted octanol–water partition coefficient (Wildman–Crippen LogP) is 3.38. The summed E-state index contributed by atoms with van der Waals surface area (Å²) in [5, 5.41) is 9.14. The fourth-order valence-electron chi connectivity index (χ4n) is 1.86. The van der Waals surface area contributed by atoms with Crippen LogP contribution in [0.3, 0.4) is 0 Å². The number of rotatable bonds is 6. The van der Waals surface area contributed by atoms with Crippen LogP contribution in [0.4, 0.5) is 0 Å². The Bertz CT molecular complexity index is 925. The van der Waals surface area contributed by atoms with Gasteiger partial charge in [-0.25, -0.2) is 9.59 Å². The zero-order chi connectivity index (χ0) is 18.9. The van der Waals surface area contributed by atoms with Crippen LogP contribution in [0.2, 0.25) is 0 Å². The highest BCUT2D eigenvalue weighted by Crippen LogP contribution is 2.21. The van der Waals surface area contributed by atoms with Crippen LogP contribution in [0, 0.1) is 11.3 Å². The first-order valence-corrected chi connectivity index (χ1v) is 7.44. The van der Waals surface area contributed by atoms with E-state index in [4.69, 9.17) is 14.7 Å². The van der Waals surface area contributed by atoms with Crippen LogP contribution >= 0.6 is 0 Å². The normalized spacial score (nSPS) is 10.3. The second-order valence-electron chi connectivity index (χ2n) is 4.82. The number of hydrogen-bond donors (Lipinski definition) is 0. The van der Waals surface area contributed by atoms with Crippen molar-refractivity contribution in [1.82, 2.24) is 4.98 Å². The maximum Gasteiger partial charge on any atom is 0.344 e. The number of benzene rings is 1. The number of carbonyl (C=O) groups excluding carboxylic acids is 2. The van der Waals surface area contributed by atoms with E-state index in [0.29, 0.717) is 5.56 Å². The lowest BCUT2D eigenvalue weighted by Gasteiger charge is -2.08. The Morgan fingerprint density at radius 3 is 2.42 bits per heavy atom. The molecule has 1 aromatic heterocycles. The van der Waals surface area contributed by atoms with Crippen molar-refractivity contribution in [3.8, 4) is 17.8 Å². The molecule has 0 unspecified atom stereocenters. The van der Waals surface area contributed by atoms with Gasteiger partial charge in [-0.1, -0.05) is 43.5 Å². The minimum atomic E-state index is -0.768. The van der Waals surface area contributed by atoms with E-state index in [-0.39, 0.29) is 22.9 Å². The Balaban J connectivity index is 2.26. The quantitative estimate of drug-likeness (QED) is 0.452. The average Bonchev–Trinajstić information content (AvgIpc) is 2.67. The Morgan fingerprint density at radius 2 is 1.81 bits per heavy atom. The minimum Gasteiger partial charge on any atom is -0.404 e. The van der Waals surface area contributed by atoms with Crippen molar-refractivity contribution in [3.63, 3.8) is 0 Å². The monoisotopic (exact) mass is 346 g/mol. The third kappa shape index (κ3) is 4.52. The molecule has 2 rings (SSSR count). The average molecular weight is 346 g/mol. The summed E-state index contributed by atoms with van der Waals surface area (Å²) in [6, 6.07) is 12.9. The molecule has 0 amide bonds. The highest BCUT2D eigenvalue weighted by molar-refractivity contribution is 5.93. The van der Waals surface area contributed by atoms with Crippen LogP contribution in [0.25, 0.3) is 0 Å². The van der Waals surface area contributed by atoms with E-state index < -0.39 is 11.9 Å². The van der Waals surface area contributed by atoms with E-state index in [1.807, 2.05) is 6.07 Å². The number of hydrogen-bond acceptors (Lipinski definition) is 6. The van der Waals surface area contributed by atoms with E-state index in [1.54, 1.807) is 30.3 Å². The van der Waals surface area contributed by atoms with E-state index in [1.165, 1.54) is 30.4 Å². The van der Waals surface area contributed by atoms with Gasteiger partial charge in [-0.3, -0.25) is 0 Å². The highest BCUT2D eigenvalue weighted by atomic mass is 16.6. The van der Waals surface area contributed by atoms with E-state index in [2.05, 4.69) is 18.1 Å². The van der Waals surface area contributed by atoms with Crippen LogP contribution < -0.4 is 9.47 Å². The molecule has 26 heavy (non-hydrogen) atoms. The SMILES string of the molecule is C=CC=C(C=C)C(=O)Oc1nc(OC(=O)c2ccccc2)ccc1C#N. The van der Waals surface area contributed by atoms with Crippen LogP contribution in [-0.2, 0) is 4.79 Å². The molecule has 0 atom stereocenters. The van der Waals surface area contributed by atoms with Crippen LogP contribution in [0.15, 0.2) is 79.4 Å². The maximum atomic E-state index is 12.1. The molecule has 6 nitrogen and oxygen atoms in total. The van der Waals surface area contributed by atoms with Crippen molar-refractivity contribution in [2.24, 2.45) is 0 Å². The van der Waals surface area contributed by atoms with E-state index >= 15 is 0 Å². The van der Waals surface area contributed by atoms with Crippen molar-refractivity contribution in [1.29, 1.82) is 5.26 Å². The molecular formula is C20H14N2O4. The fourth-order valence-corrected chi connectivity index (χ4v) is 1.86. The third-order valence-corrected chi connectivity index (χ3v) is 3.10. The number of allylic oxidation sites excluding steroid dienone is 2. The molecular weight excluding hydrogens is 332 g/mol. The Labute approximate surface area is 150 Å². The zero-order valence-electron chi connectivity index (χ0n) is 13.7. The van der Waals surface area contributed by atoms with Gasteiger partial charge in [-0.15, -0.1) is 0 Å². The molecule has 0 saturated heterocycles. The van der Waals surface area contributed by atoms with Gasteiger partial charge in [0.25, 0.3) is 0 Å². The number of pyridine rings is 1. The highest BCUT2D eigenvalue weighted by Gasteiger charge is 2.16. The molecule has 0 fully saturated rings. The summed E-state index contributed by atoms with van der Waals surface area (Å²) in [6.45, 7) is 6.99. The number of carbonyl (C=O) groups is 2. The van der Waals surface area contributed by atoms with Gasteiger partial charge in [0.1, 0.15) is 11.6 Å². The molecule has 128 valence electrons. The van der Waals surface area contributed by atoms with Gasteiger partial charge in [-0.05, 0) is 24.3 Å². The van der Waals surface area contributed by atoms with Gasteiger partial charge in [0.15, 0.2) is 0 Å². The number of esters is 2. The summed E-state index contributed by atoms with van der Waals surface area (Å²) in [4.78, 5) is 28.1. The molecule has 1 aromatic carbocycles. The summed E-state index contributed by atoms with van der Waals surface area (Å²) in [5.74, 6) is -1.77. The van der Waals surface area contributed by atoms with Gasteiger partial charge in [-0.2, -0.15) is 10.2 Å². The minimum absolute atomic E-state index is 0.0138. The van der Waals surface area contributed by atoms with Crippen LogP contribution in [-0.4, -0.2) is 16.9 Å². The predicted molar refractivity (Wildman–Crippen MR) is 94.5 cm³/mol. The van der Waals surface area contributed by atoms with Gasteiger partial charge in [0, 0.05) is 6.07 Å². The number of ether oxygens (including phenoxy) is 2. The molecule has 0 N–H and O–H groups in total. The Morgan fingerprint density at radius 1 is 1.08 bits per heavy atom. The molecule has 2 aromatic rings. The van der Waals surface area contributed by atoms with Crippen molar-refractivity contribution in [3.05, 3.63) is 90.6 Å². The molecule has 6 heteroatoms. The first-order chi connectivity index (χ1) is 12.6. The van der Waals surface area contributed by atoms with Gasteiger partial charge in [0.05, 0.1) is 11.1 Å². The van der Waals surface area contributed by atoms with Crippen molar-refractivity contribution < 1.29 is 19.1 Å². The molecule has 0 bridgehead atoms. The largest absolute Gasteiger partial charge is 0.404 e. The topological polar surface area (TPSA) is 89.3 Å². The third-order valence-electron chi connectivity index (χ3n) is 3.10. The van der Waals surface area contributed by atoms with Crippen LogP contribution in [0.5, 0.6) is 11.8 Å². The first kappa shape index (κ1) is 18.4. The first-order valence-electron chi connectivity index (χ1n) is 7.44. The fraction of sp³-hybridized carbons (Fsp3) is 0. The zero-order valence-corrected chi connectivity index (χ0v) is 13.7. The lowest BCUT2D eigenvalue weighted by molar-refractivity contribution is -0.130. The molecule has 1 heterocycles. The molecule has 0 aliphatic rings. The van der Waals surface area contributed by atoms with Crippen molar-refractivity contribution in [2.75, 3.05) is 0 Å². The number of nitriles is 1. The van der Waals surface area contributed by atoms with Gasteiger partial charge >= 0.3 is 11.9 Å². The lowest BCUT2D eigenvalue weighted by atomic mass is 10.2. The summed E-state index contributed by atoms with van der Waals surface area (Å²) >= 11 is 0. The molecule has 0 spiro atoms. The standard InChI is InChI=1S/C20H14N2O4/c1-3-8-14(4-2)19(23)26-18-16(13-21)11-12-17(22-18)25-20(24)15-9-6-5-7-10-15/h3-12H,1-2H2. The number of aromatic nitrogens is 1. The second kappa shape index (κ2) is 8.76. The molecule has 0 aliphatic carbocycles. The van der Waals surface area contributed by atoms with E-state index in [0.717, 1.165) is 0 Å². The van der Waals surface area contributed by atoms with Crippen LogP contribution in [0.1, 0.15) is 15.9 Å². The Kier molecular flexibility index (Phi) is 6.18. The summed E-state index contributed by atoms with van der Waals surface area (Å²) < 4.78 is 10.3. The summed E-state index contributed by atoms with van der Waals surface area (Å²) in [6.07, 6.45) is 4.09. The lowest BCUT2D eigenvalue weighted by Crippen LogP contribution is -2.13. The maximum absolute atomic E-state index is 12.1.